The minimum atomic E-state index is 0.187. The third-order valence-electron chi connectivity index (χ3n) is 8.37. The zero-order valence-electron chi connectivity index (χ0n) is 27.2. The van der Waals surface area contributed by atoms with Gasteiger partial charge in [0.25, 0.3) is 0 Å². The van der Waals surface area contributed by atoms with E-state index in [2.05, 4.69) is 99.8 Å². The van der Waals surface area contributed by atoms with Crippen LogP contribution in [0, 0.1) is 19.3 Å². The lowest BCUT2D eigenvalue weighted by Crippen LogP contribution is -2.08. The Kier molecular flexibility index (Phi) is 7.36. The molecule has 0 saturated carbocycles. The van der Waals surface area contributed by atoms with Crippen LogP contribution in [-0.4, -0.2) is 26.4 Å². The van der Waals surface area contributed by atoms with Crippen LogP contribution >= 0.6 is 0 Å². The second-order valence-electron chi connectivity index (χ2n) is 13.1. The van der Waals surface area contributed by atoms with Crippen molar-refractivity contribution in [1.82, 2.24) is 19.3 Å². The van der Waals surface area contributed by atoms with Gasteiger partial charge in [-0.1, -0.05) is 63.2 Å². The number of hydrogen-bond acceptors (Lipinski definition) is 4. The van der Waals surface area contributed by atoms with E-state index in [1.54, 1.807) is 13.3 Å². The Bertz CT molecular complexity index is 2200. The Balaban J connectivity index is 1.30. The number of hydrogen-bond donors (Lipinski definition) is 0. The minimum Gasteiger partial charge on any atom is -0.497 e. The smallest absolute Gasteiger partial charge is 0.141 e. The average molecular weight is 607 g/mol. The van der Waals surface area contributed by atoms with Crippen molar-refractivity contribution in [2.75, 3.05) is 7.11 Å². The summed E-state index contributed by atoms with van der Waals surface area (Å²) in [5.41, 5.74) is 8.95. The summed E-state index contributed by atoms with van der Waals surface area (Å²) in [4.78, 5) is 4.74. The largest absolute Gasteiger partial charge is 0.497 e. The van der Waals surface area contributed by atoms with E-state index >= 15 is 0 Å². The predicted molar refractivity (Wildman–Crippen MR) is 187 cm³/mol. The van der Waals surface area contributed by atoms with Gasteiger partial charge in [-0.2, -0.15) is 5.10 Å². The summed E-state index contributed by atoms with van der Waals surface area (Å²) < 4.78 is 16.3. The molecule has 0 aliphatic rings. The summed E-state index contributed by atoms with van der Waals surface area (Å²) >= 11 is 0. The molecule has 0 atom stereocenters. The summed E-state index contributed by atoms with van der Waals surface area (Å²) in [5, 5.41) is 7.23. The maximum absolute atomic E-state index is 6.53. The summed E-state index contributed by atoms with van der Waals surface area (Å²) in [6.07, 6.45) is 2.78. The van der Waals surface area contributed by atoms with Crippen LogP contribution < -0.4 is 9.47 Å². The maximum Gasteiger partial charge on any atom is 0.141 e. The van der Waals surface area contributed by atoms with Crippen LogP contribution in [0.5, 0.6) is 17.2 Å². The van der Waals surface area contributed by atoms with Crippen molar-refractivity contribution in [3.8, 4) is 39.9 Å². The van der Waals surface area contributed by atoms with Crippen molar-refractivity contribution < 1.29 is 9.47 Å². The van der Waals surface area contributed by atoms with Gasteiger partial charge >= 0.3 is 0 Å². The van der Waals surface area contributed by atoms with E-state index in [-0.39, 0.29) is 5.41 Å². The molecule has 0 fully saturated rings. The number of nitrogens with zero attached hydrogens (tertiary/aromatic N) is 4. The van der Waals surface area contributed by atoms with E-state index in [9.17, 15) is 0 Å². The third kappa shape index (κ3) is 5.51. The molecule has 0 saturated heterocycles. The van der Waals surface area contributed by atoms with Crippen molar-refractivity contribution in [2.45, 2.75) is 41.0 Å². The predicted octanol–water partition coefficient (Wildman–Crippen LogP) is 10.0. The first-order valence-electron chi connectivity index (χ1n) is 15.7. The zero-order chi connectivity index (χ0) is 32.0. The first-order chi connectivity index (χ1) is 22.2. The molecule has 0 unspecified atom stereocenters. The average Bonchev–Trinajstić information content (AvgIpc) is 3.53. The fraction of sp³-hybridized carbons (Fsp3) is 0.200. The number of aromatic nitrogens is 4. The Morgan fingerprint density at radius 2 is 1.52 bits per heavy atom. The highest BCUT2D eigenvalue weighted by atomic mass is 16.5. The van der Waals surface area contributed by atoms with E-state index in [0.29, 0.717) is 0 Å². The number of aryl methyl sites for hydroxylation is 1. The Hall–Kier alpha value is -5.36. The first-order valence-corrected chi connectivity index (χ1v) is 15.7. The van der Waals surface area contributed by atoms with Gasteiger partial charge in [0, 0.05) is 46.4 Å². The second-order valence-corrected chi connectivity index (χ2v) is 13.1. The highest BCUT2D eigenvalue weighted by molar-refractivity contribution is 6.09. The molecule has 0 N–H and O–H groups in total. The number of pyridine rings is 1. The topological polar surface area (TPSA) is 54.1 Å². The van der Waals surface area contributed by atoms with Gasteiger partial charge in [0.05, 0.1) is 29.5 Å². The number of benzene rings is 4. The van der Waals surface area contributed by atoms with Crippen LogP contribution in [0.15, 0.2) is 109 Å². The Labute approximate surface area is 269 Å². The zero-order valence-corrected chi connectivity index (χ0v) is 27.2. The van der Waals surface area contributed by atoms with E-state index in [1.165, 1.54) is 10.9 Å². The molecule has 3 heterocycles. The standard InChI is InChI=1S/C40H38N4O2/c1-26-39(29-11-8-7-9-12-29)27(2)44(42-26)30-13-10-14-32(22-30)46-33-16-17-34-35-21-28(25-40(3,4)5)15-18-36(35)43(37(34)23-33)38-24-31(45-6)19-20-41-38/h7-24H,25H2,1-6H3. The van der Waals surface area contributed by atoms with Crippen molar-refractivity contribution in [2.24, 2.45) is 5.41 Å². The van der Waals surface area contributed by atoms with Crippen LogP contribution in [0.1, 0.15) is 37.7 Å². The van der Waals surface area contributed by atoms with Gasteiger partial charge in [-0.15, -0.1) is 0 Å². The van der Waals surface area contributed by atoms with Gasteiger partial charge in [0.1, 0.15) is 23.1 Å². The molecule has 7 aromatic rings. The molecule has 6 heteroatoms. The number of ether oxygens (including phenoxy) is 2. The van der Waals surface area contributed by atoms with Crippen molar-refractivity contribution in [3.63, 3.8) is 0 Å². The summed E-state index contributed by atoms with van der Waals surface area (Å²) in [6, 6.07) is 35.4. The van der Waals surface area contributed by atoms with Gasteiger partial charge in [0.15, 0.2) is 0 Å². The lowest BCUT2D eigenvalue weighted by Gasteiger charge is -2.18. The number of fused-ring (bicyclic) bond motifs is 3. The number of methoxy groups -OCH3 is 1. The molecular formula is C40H38N4O2. The lowest BCUT2D eigenvalue weighted by molar-refractivity contribution is 0.411. The van der Waals surface area contributed by atoms with E-state index in [0.717, 1.165) is 74.1 Å². The van der Waals surface area contributed by atoms with Gasteiger partial charge in [-0.05, 0) is 79.3 Å². The first kappa shape index (κ1) is 29.4. The molecule has 6 nitrogen and oxygen atoms in total. The van der Waals surface area contributed by atoms with Gasteiger partial charge in [0.2, 0.25) is 0 Å². The lowest BCUT2D eigenvalue weighted by atomic mass is 9.88. The second kappa shape index (κ2) is 11.5. The number of rotatable bonds is 7. The van der Waals surface area contributed by atoms with E-state index in [1.807, 2.05) is 47.1 Å². The summed E-state index contributed by atoms with van der Waals surface area (Å²) in [7, 11) is 1.68. The normalized spacial score (nSPS) is 11.8. The van der Waals surface area contributed by atoms with Crippen LogP contribution in [-0.2, 0) is 6.42 Å². The van der Waals surface area contributed by atoms with Gasteiger partial charge < -0.3 is 9.47 Å². The molecule has 46 heavy (non-hydrogen) atoms. The maximum atomic E-state index is 6.53. The summed E-state index contributed by atoms with van der Waals surface area (Å²) in [5.74, 6) is 3.03. The van der Waals surface area contributed by atoms with Gasteiger partial charge in [-0.25, -0.2) is 9.67 Å². The molecule has 0 radical (unpaired) electrons. The van der Waals surface area contributed by atoms with Crippen molar-refractivity contribution in [1.29, 1.82) is 0 Å². The molecular weight excluding hydrogens is 568 g/mol. The Morgan fingerprint density at radius 1 is 0.717 bits per heavy atom. The fourth-order valence-electron chi connectivity index (χ4n) is 6.46. The molecule has 230 valence electrons. The molecule has 0 amide bonds. The minimum absolute atomic E-state index is 0.187. The molecule has 0 bridgehead atoms. The van der Waals surface area contributed by atoms with Crippen molar-refractivity contribution >= 4 is 21.8 Å². The molecule has 3 aromatic heterocycles. The molecule has 4 aromatic carbocycles. The quantitative estimate of drug-likeness (QED) is 0.181. The Morgan fingerprint density at radius 3 is 2.30 bits per heavy atom. The van der Waals surface area contributed by atoms with Crippen LogP contribution in [0.25, 0.3) is 44.4 Å². The highest BCUT2D eigenvalue weighted by Crippen LogP contribution is 2.37. The van der Waals surface area contributed by atoms with E-state index in [4.69, 9.17) is 19.6 Å². The van der Waals surface area contributed by atoms with Crippen molar-refractivity contribution in [3.05, 3.63) is 126 Å². The third-order valence-corrected chi connectivity index (χ3v) is 8.37. The summed E-state index contributed by atoms with van der Waals surface area (Å²) in [6.45, 7) is 11.0. The molecule has 0 aliphatic heterocycles. The SMILES string of the molecule is COc1ccnc(-n2c3ccc(CC(C)(C)C)cc3c3ccc(Oc4cccc(-n5nc(C)c(-c6ccccc6)c5C)c4)cc32)c1. The molecule has 0 aliphatic carbocycles. The fourth-order valence-corrected chi connectivity index (χ4v) is 6.46. The molecule has 0 spiro atoms. The van der Waals surface area contributed by atoms with Crippen LogP contribution in [0.2, 0.25) is 0 Å². The van der Waals surface area contributed by atoms with Crippen LogP contribution in [0.3, 0.4) is 0 Å². The van der Waals surface area contributed by atoms with E-state index < -0.39 is 0 Å². The highest BCUT2D eigenvalue weighted by Gasteiger charge is 2.19. The monoisotopic (exact) mass is 606 g/mol. The molecule has 7 rings (SSSR count). The van der Waals surface area contributed by atoms with Gasteiger partial charge in [-0.3, -0.25) is 4.57 Å². The van der Waals surface area contributed by atoms with Crippen LogP contribution in [0.4, 0.5) is 0 Å².